The van der Waals surface area contributed by atoms with Gasteiger partial charge >= 0.3 is 8.80 Å². The zero-order valence-electron chi connectivity index (χ0n) is 10.4. The highest BCUT2D eigenvalue weighted by Gasteiger charge is 2.40. The van der Waals surface area contributed by atoms with Gasteiger partial charge in [-0.2, -0.15) is 0 Å². The van der Waals surface area contributed by atoms with Gasteiger partial charge < -0.3 is 19.0 Å². The monoisotopic (exact) mass is 235 g/mol. The minimum atomic E-state index is -2.50. The zero-order valence-corrected chi connectivity index (χ0v) is 11.4. The van der Waals surface area contributed by atoms with Crippen molar-refractivity contribution in [3.8, 4) is 0 Å². The molecule has 1 atom stereocenters. The molecule has 0 saturated carbocycles. The fraction of sp³-hybridized carbons (Fsp3) is 1.00. The molecule has 0 rings (SSSR count). The van der Waals surface area contributed by atoms with Crippen molar-refractivity contribution in [1.82, 2.24) is 0 Å². The summed E-state index contributed by atoms with van der Waals surface area (Å²) in [5, 5.41) is 0. The lowest BCUT2D eigenvalue weighted by Gasteiger charge is -2.30. The lowest BCUT2D eigenvalue weighted by atomic mass is 10.4. The zero-order chi connectivity index (χ0) is 11.7. The fourth-order valence-corrected chi connectivity index (χ4v) is 4.29. The quantitative estimate of drug-likeness (QED) is 0.491. The maximum atomic E-state index is 5.70. The Bertz CT molecular complexity index is 150. The van der Waals surface area contributed by atoms with Gasteiger partial charge in [-0.3, -0.25) is 0 Å². The summed E-state index contributed by atoms with van der Waals surface area (Å²) in [5.74, 6) is 0. The maximum Gasteiger partial charge on any atom is 0.502 e. The van der Waals surface area contributed by atoms with Crippen LogP contribution in [0.3, 0.4) is 0 Å². The van der Waals surface area contributed by atoms with E-state index in [0.29, 0.717) is 13.2 Å². The van der Waals surface area contributed by atoms with E-state index in [2.05, 4.69) is 6.92 Å². The number of hydrogen-bond donors (Lipinski definition) is 1. The van der Waals surface area contributed by atoms with Gasteiger partial charge in [0.25, 0.3) is 0 Å². The molecule has 0 amide bonds. The van der Waals surface area contributed by atoms with Crippen LogP contribution in [0.15, 0.2) is 0 Å². The summed E-state index contributed by atoms with van der Waals surface area (Å²) < 4.78 is 17.1. The second kappa shape index (κ2) is 8.24. The Balaban J connectivity index is 4.40. The van der Waals surface area contributed by atoms with Gasteiger partial charge in [-0.25, -0.2) is 0 Å². The molecule has 0 radical (unpaired) electrons. The Morgan fingerprint density at radius 2 is 1.67 bits per heavy atom. The lowest BCUT2D eigenvalue weighted by molar-refractivity contribution is 0.0401. The molecular weight excluding hydrogens is 210 g/mol. The van der Waals surface area contributed by atoms with Gasteiger partial charge in [-0.1, -0.05) is 13.3 Å². The van der Waals surface area contributed by atoms with Crippen molar-refractivity contribution >= 4 is 8.80 Å². The maximum absolute atomic E-state index is 5.70. The lowest BCUT2D eigenvalue weighted by Crippen LogP contribution is -2.49. The SMILES string of the molecule is CCCC[Si](OCC)(OCC)OC(C)N. The average molecular weight is 235 g/mol. The van der Waals surface area contributed by atoms with Gasteiger partial charge in [0.1, 0.15) is 0 Å². The topological polar surface area (TPSA) is 53.7 Å². The molecular formula is C10H25NO3Si. The molecule has 15 heavy (non-hydrogen) atoms. The van der Waals surface area contributed by atoms with E-state index in [4.69, 9.17) is 19.0 Å². The van der Waals surface area contributed by atoms with E-state index < -0.39 is 8.80 Å². The van der Waals surface area contributed by atoms with Crippen molar-refractivity contribution in [2.75, 3.05) is 13.2 Å². The third-order valence-corrected chi connectivity index (χ3v) is 5.08. The van der Waals surface area contributed by atoms with Gasteiger partial charge in [0.2, 0.25) is 0 Å². The number of hydrogen-bond acceptors (Lipinski definition) is 4. The Morgan fingerprint density at radius 3 is 2.00 bits per heavy atom. The minimum Gasteiger partial charge on any atom is -0.374 e. The van der Waals surface area contributed by atoms with E-state index >= 15 is 0 Å². The van der Waals surface area contributed by atoms with Crippen molar-refractivity contribution in [3.05, 3.63) is 0 Å². The molecule has 0 bridgehead atoms. The summed E-state index contributed by atoms with van der Waals surface area (Å²) in [6, 6.07) is 0.854. The van der Waals surface area contributed by atoms with Crippen LogP contribution in [0.5, 0.6) is 0 Å². The minimum absolute atomic E-state index is 0.327. The molecule has 0 aromatic heterocycles. The first-order valence-electron chi connectivity index (χ1n) is 5.81. The summed E-state index contributed by atoms with van der Waals surface area (Å²) in [6.45, 7) is 9.09. The van der Waals surface area contributed by atoms with Crippen LogP contribution in [-0.4, -0.2) is 28.2 Å². The smallest absolute Gasteiger partial charge is 0.374 e. The van der Waals surface area contributed by atoms with Crippen LogP contribution in [-0.2, 0) is 13.3 Å². The summed E-state index contributed by atoms with van der Waals surface area (Å²) in [5.41, 5.74) is 5.66. The highest BCUT2D eigenvalue weighted by Crippen LogP contribution is 2.19. The Hall–Kier alpha value is 0.0569. The first kappa shape index (κ1) is 15.1. The van der Waals surface area contributed by atoms with Crippen molar-refractivity contribution in [2.24, 2.45) is 5.73 Å². The first-order valence-corrected chi connectivity index (χ1v) is 7.74. The molecule has 92 valence electrons. The molecule has 1 unspecified atom stereocenters. The second-order valence-electron chi connectivity index (χ2n) is 3.48. The summed E-state index contributed by atoms with van der Waals surface area (Å²) in [7, 11) is -2.50. The first-order chi connectivity index (χ1) is 7.10. The molecule has 0 aromatic rings. The van der Waals surface area contributed by atoms with Crippen molar-refractivity contribution in [2.45, 2.75) is 52.8 Å². The van der Waals surface area contributed by atoms with Crippen LogP contribution in [0.25, 0.3) is 0 Å². The number of nitrogens with two attached hydrogens (primary N) is 1. The summed E-state index contributed by atoms with van der Waals surface area (Å²) in [6.07, 6.45) is 1.84. The van der Waals surface area contributed by atoms with Gasteiger partial charge in [-0.05, 0) is 27.2 Å². The van der Waals surface area contributed by atoms with E-state index in [1.165, 1.54) is 0 Å². The molecule has 4 nitrogen and oxygen atoms in total. The number of unbranched alkanes of at least 4 members (excludes halogenated alkanes) is 1. The molecule has 0 aliphatic heterocycles. The highest BCUT2D eigenvalue weighted by atomic mass is 28.4. The molecule has 0 aliphatic carbocycles. The van der Waals surface area contributed by atoms with Crippen LogP contribution in [0.2, 0.25) is 6.04 Å². The van der Waals surface area contributed by atoms with Crippen LogP contribution in [0.1, 0.15) is 40.5 Å². The third kappa shape index (κ3) is 6.27. The predicted molar refractivity (Wildman–Crippen MR) is 63.5 cm³/mol. The van der Waals surface area contributed by atoms with Gasteiger partial charge in [0.15, 0.2) is 0 Å². The van der Waals surface area contributed by atoms with Gasteiger partial charge in [-0.15, -0.1) is 0 Å². The normalized spacial score (nSPS) is 14.2. The molecule has 0 aromatic carbocycles. The average Bonchev–Trinajstić information content (AvgIpc) is 2.14. The van der Waals surface area contributed by atoms with Crippen molar-refractivity contribution < 1.29 is 13.3 Å². The predicted octanol–water partition coefficient (Wildman–Crippen LogP) is 2.12. The van der Waals surface area contributed by atoms with Crippen LogP contribution in [0, 0.1) is 0 Å². The Morgan fingerprint density at radius 1 is 1.13 bits per heavy atom. The Kier molecular flexibility index (Phi) is 8.27. The van der Waals surface area contributed by atoms with Crippen LogP contribution in [0.4, 0.5) is 0 Å². The molecule has 0 saturated heterocycles. The van der Waals surface area contributed by atoms with E-state index in [1.54, 1.807) is 0 Å². The third-order valence-electron chi connectivity index (χ3n) is 1.93. The van der Waals surface area contributed by atoms with E-state index in [0.717, 1.165) is 18.9 Å². The summed E-state index contributed by atoms with van der Waals surface area (Å²) >= 11 is 0. The molecule has 0 spiro atoms. The van der Waals surface area contributed by atoms with Crippen molar-refractivity contribution in [3.63, 3.8) is 0 Å². The standard InChI is InChI=1S/C10H25NO3Si/c1-5-8-9-15(12-6-2,13-7-3)14-10(4)11/h10H,5-9,11H2,1-4H3. The molecule has 0 aliphatic rings. The van der Waals surface area contributed by atoms with Gasteiger partial charge in [0, 0.05) is 19.3 Å². The van der Waals surface area contributed by atoms with E-state index in [-0.39, 0.29) is 6.23 Å². The number of rotatable bonds is 9. The Labute approximate surface area is 94.5 Å². The van der Waals surface area contributed by atoms with Crippen molar-refractivity contribution in [1.29, 1.82) is 0 Å². The second-order valence-corrected chi connectivity index (χ2v) is 6.15. The summed E-state index contributed by atoms with van der Waals surface area (Å²) in [4.78, 5) is 0. The molecule has 5 heteroatoms. The molecule has 0 heterocycles. The van der Waals surface area contributed by atoms with Crippen LogP contribution >= 0.6 is 0 Å². The van der Waals surface area contributed by atoms with Crippen LogP contribution < -0.4 is 5.73 Å². The van der Waals surface area contributed by atoms with E-state index in [9.17, 15) is 0 Å². The van der Waals surface area contributed by atoms with Gasteiger partial charge in [0.05, 0.1) is 6.23 Å². The van der Waals surface area contributed by atoms with E-state index in [1.807, 2.05) is 20.8 Å². The molecule has 0 fully saturated rings. The largest absolute Gasteiger partial charge is 0.502 e. The fourth-order valence-electron chi connectivity index (χ4n) is 1.43. The molecule has 2 N–H and O–H groups in total. The highest BCUT2D eigenvalue weighted by molar-refractivity contribution is 6.60.